The van der Waals surface area contributed by atoms with Gasteiger partial charge in [0.15, 0.2) is 0 Å². The van der Waals surface area contributed by atoms with Gasteiger partial charge < -0.3 is 15.4 Å². The Morgan fingerprint density at radius 3 is 2.58 bits per heavy atom. The van der Waals surface area contributed by atoms with Crippen molar-refractivity contribution in [1.29, 1.82) is 5.26 Å². The zero-order valence-corrected chi connectivity index (χ0v) is 12.0. The number of carbonyl (C=O) groups is 1. The molecule has 0 aromatic heterocycles. The van der Waals surface area contributed by atoms with Gasteiger partial charge in [-0.05, 0) is 19.3 Å². The average molecular weight is 267 g/mol. The van der Waals surface area contributed by atoms with Gasteiger partial charge in [0.25, 0.3) is 5.91 Å². The second-order valence-corrected chi connectivity index (χ2v) is 4.20. The highest BCUT2D eigenvalue weighted by Gasteiger charge is 2.07. The molecule has 0 heterocycles. The summed E-state index contributed by atoms with van der Waals surface area (Å²) >= 11 is 0. The van der Waals surface area contributed by atoms with E-state index in [9.17, 15) is 4.79 Å². The first-order chi connectivity index (χ1) is 9.26. The Hall–Kier alpha value is -1.54. The monoisotopic (exact) mass is 267 g/mol. The van der Waals surface area contributed by atoms with E-state index in [4.69, 9.17) is 10.00 Å². The van der Waals surface area contributed by atoms with Gasteiger partial charge in [-0.1, -0.05) is 20.3 Å². The maximum absolute atomic E-state index is 11.6. The van der Waals surface area contributed by atoms with Crippen molar-refractivity contribution in [3.63, 3.8) is 0 Å². The van der Waals surface area contributed by atoms with Crippen molar-refractivity contribution in [2.24, 2.45) is 0 Å². The molecule has 0 saturated carbocycles. The molecule has 0 aliphatic carbocycles. The van der Waals surface area contributed by atoms with Crippen molar-refractivity contribution in [2.45, 2.75) is 39.5 Å². The molecule has 108 valence electrons. The number of hydrogen-bond donors (Lipinski definition) is 2. The van der Waals surface area contributed by atoms with Crippen LogP contribution in [0.25, 0.3) is 0 Å². The number of unbranched alkanes of at least 4 members (excludes halogenated alkanes) is 1. The predicted molar refractivity (Wildman–Crippen MR) is 75.3 cm³/mol. The molecule has 0 aromatic carbocycles. The Labute approximate surface area is 116 Å². The number of nitrogens with zero attached hydrogens (tertiary/aromatic N) is 1. The Bertz CT molecular complexity index is 308. The number of nitrogens with one attached hydrogen (secondary N) is 2. The van der Waals surface area contributed by atoms with Crippen molar-refractivity contribution in [2.75, 3.05) is 26.3 Å². The van der Waals surface area contributed by atoms with Gasteiger partial charge in [-0.15, -0.1) is 0 Å². The van der Waals surface area contributed by atoms with Gasteiger partial charge in [-0.2, -0.15) is 5.26 Å². The van der Waals surface area contributed by atoms with Crippen molar-refractivity contribution in [3.05, 3.63) is 11.8 Å². The summed E-state index contributed by atoms with van der Waals surface area (Å²) in [7, 11) is 0. The van der Waals surface area contributed by atoms with E-state index in [1.54, 1.807) is 0 Å². The molecule has 5 heteroatoms. The molecule has 0 rings (SSSR count). The third kappa shape index (κ3) is 10.1. The highest BCUT2D eigenvalue weighted by molar-refractivity contribution is 5.97. The molecule has 5 nitrogen and oxygen atoms in total. The Morgan fingerprint density at radius 2 is 1.95 bits per heavy atom. The second-order valence-electron chi connectivity index (χ2n) is 4.20. The van der Waals surface area contributed by atoms with E-state index < -0.39 is 0 Å². The Morgan fingerprint density at radius 1 is 1.21 bits per heavy atom. The van der Waals surface area contributed by atoms with Crippen molar-refractivity contribution in [3.8, 4) is 6.07 Å². The molecule has 19 heavy (non-hydrogen) atoms. The van der Waals surface area contributed by atoms with Crippen molar-refractivity contribution in [1.82, 2.24) is 10.6 Å². The fourth-order valence-corrected chi connectivity index (χ4v) is 1.29. The van der Waals surface area contributed by atoms with Crippen LogP contribution in [0.2, 0.25) is 0 Å². The predicted octanol–water partition coefficient (Wildman–Crippen LogP) is 1.72. The van der Waals surface area contributed by atoms with Gasteiger partial charge in [0.2, 0.25) is 0 Å². The standard InChI is InChI=1S/C14H25N3O2/c1-3-5-9-19-10-6-8-17-14(18)13(11-15)12-16-7-4-2/h12,16H,3-10H2,1-2H3,(H,17,18)/b13-12-. The molecule has 1 amide bonds. The quantitative estimate of drug-likeness (QED) is 0.339. The summed E-state index contributed by atoms with van der Waals surface area (Å²) in [5, 5.41) is 14.5. The molecule has 0 unspecified atom stereocenters. The van der Waals surface area contributed by atoms with Crippen molar-refractivity contribution >= 4 is 5.91 Å². The van der Waals surface area contributed by atoms with Crippen LogP contribution in [0, 0.1) is 11.3 Å². The van der Waals surface area contributed by atoms with E-state index in [0.29, 0.717) is 13.2 Å². The molecule has 0 aliphatic rings. The van der Waals surface area contributed by atoms with Crippen LogP contribution in [0.1, 0.15) is 39.5 Å². The summed E-state index contributed by atoms with van der Waals surface area (Å²) < 4.78 is 5.38. The number of hydrogen-bond acceptors (Lipinski definition) is 4. The summed E-state index contributed by atoms with van der Waals surface area (Å²) in [5.41, 5.74) is 0.111. The first-order valence-corrected chi connectivity index (χ1v) is 6.95. The number of amides is 1. The lowest BCUT2D eigenvalue weighted by molar-refractivity contribution is -0.117. The normalized spacial score (nSPS) is 10.9. The molecule has 0 saturated heterocycles. The lowest BCUT2D eigenvalue weighted by Crippen LogP contribution is -2.27. The topological polar surface area (TPSA) is 74.1 Å². The molecule has 0 fully saturated rings. The van der Waals surface area contributed by atoms with E-state index in [0.717, 1.165) is 38.8 Å². The molecule has 0 aliphatic heterocycles. The first kappa shape index (κ1) is 17.5. The highest BCUT2D eigenvalue weighted by Crippen LogP contribution is 1.92. The summed E-state index contributed by atoms with van der Waals surface area (Å²) in [6.07, 6.45) is 5.37. The smallest absolute Gasteiger partial charge is 0.263 e. The van der Waals surface area contributed by atoms with Crippen LogP contribution in [0.15, 0.2) is 11.8 Å². The van der Waals surface area contributed by atoms with Crippen LogP contribution < -0.4 is 10.6 Å². The van der Waals surface area contributed by atoms with E-state index in [1.165, 1.54) is 6.20 Å². The third-order valence-corrected chi connectivity index (χ3v) is 2.40. The molecule has 0 spiro atoms. The third-order valence-electron chi connectivity index (χ3n) is 2.40. The molecule has 0 atom stereocenters. The maximum Gasteiger partial charge on any atom is 0.263 e. The van der Waals surface area contributed by atoms with Gasteiger partial charge in [0.1, 0.15) is 11.6 Å². The summed E-state index contributed by atoms with van der Waals surface area (Å²) in [4.78, 5) is 11.6. The van der Waals surface area contributed by atoms with Gasteiger partial charge in [0.05, 0.1) is 0 Å². The highest BCUT2D eigenvalue weighted by atomic mass is 16.5. The number of carbonyl (C=O) groups excluding carboxylic acids is 1. The van der Waals surface area contributed by atoms with E-state index >= 15 is 0 Å². The van der Waals surface area contributed by atoms with Gasteiger partial charge in [-0.3, -0.25) is 4.79 Å². The second kappa shape index (κ2) is 12.9. The minimum atomic E-state index is -0.334. The first-order valence-electron chi connectivity index (χ1n) is 6.95. The van der Waals surface area contributed by atoms with Crippen LogP contribution in [-0.4, -0.2) is 32.2 Å². The lowest BCUT2D eigenvalue weighted by atomic mass is 10.3. The van der Waals surface area contributed by atoms with Gasteiger partial charge in [0, 0.05) is 32.5 Å². The largest absolute Gasteiger partial charge is 0.390 e. The Balaban J connectivity index is 3.71. The summed E-state index contributed by atoms with van der Waals surface area (Å²) in [6, 6.07) is 1.88. The molecule has 0 bridgehead atoms. The maximum atomic E-state index is 11.6. The molecular formula is C14H25N3O2. The zero-order chi connectivity index (χ0) is 14.3. The number of rotatable bonds is 11. The molecular weight excluding hydrogens is 242 g/mol. The van der Waals surface area contributed by atoms with E-state index in [-0.39, 0.29) is 11.5 Å². The van der Waals surface area contributed by atoms with Crippen LogP contribution in [-0.2, 0) is 9.53 Å². The number of ether oxygens (including phenoxy) is 1. The summed E-state index contributed by atoms with van der Waals surface area (Å²) in [6.45, 7) is 6.83. The van der Waals surface area contributed by atoms with Crippen LogP contribution in [0.5, 0.6) is 0 Å². The van der Waals surface area contributed by atoms with E-state index in [1.807, 2.05) is 13.0 Å². The molecule has 0 aromatic rings. The van der Waals surface area contributed by atoms with Crippen molar-refractivity contribution < 1.29 is 9.53 Å². The number of nitriles is 1. The van der Waals surface area contributed by atoms with Gasteiger partial charge in [-0.25, -0.2) is 0 Å². The SMILES string of the molecule is CCCCOCCCNC(=O)/C(C#N)=C\NCCC. The fourth-order valence-electron chi connectivity index (χ4n) is 1.29. The minimum absolute atomic E-state index is 0.111. The summed E-state index contributed by atoms with van der Waals surface area (Å²) in [5.74, 6) is -0.334. The van der Waals surface area contributed by atoms with E-state index in [2.05, 4.69) is 17.6 Å². The zero-order valence-electron chi connectivity index (χ0n) is 12.0. The Kier molecular flexibility index (Phi) is 11.9. The van der Waals surface area contributed by atoms with Crippen LogP contribution >= 0.6 is 0 Å². The molecule has 2 N–H and O–H groups in total. The van der Waals surface area contributed by atoms with Gasteiger partial charge >= 0.3 is 0 Å². The average Bonchev–Trinajstić information content (AvgIpc) is 2.42. The fraction of sp³-hybridized carbons (Fsp3) is 0.714. The molecule has 0 radical (unpaired) electrons. The minimum Gasteiger partial charge on any atom is -0.390 e. The van der Waals surface area contributed by atoms with Crippen LogP contribution in [0.3, 0.4) is 0 Å². The van der Waals surface area contributed by atoms with Crippen LogP contribution in [0.4, 0.5) is 0 Å². The lowest BCUT2D eigenvalue weighted by Gasteiger charge is -2.05.